The molecule has 3 heterocycles. The SMILES string of the molecule is CCc1nc2ccc(C)cn2c1C(=O)Nc1ccc2c(c1)OCO2. The van der Waals surface area contributed by atoms with Gasteiger partial charge in [0.2, 0.25) is 6.79 Å². The molecule has 0 saturated heterocycles. The summed E-state index contributed by atoms with van der Waals surface area (Å²) in [6.45, 7) is 4.19. The molecule has 3 aromatic rings. The minimum absolute atomic E-state index is 0.191. The van der Waals surface area contributed by atoms with E-state index in [1.165, 1.54) is 0 Å². The summed E-state index contributed by atoms with van der Waals surface area (Å²) in [7, 11) is 0. The third-order valence-corrected chi connectivity index (χ3v) is 4.02. The molecule has 1 amide bonds. The number of amides is 1. The van der Waals surface area contributed by atoms with Crippen LogP contribution in [0.3, 0.4) is 0 Å². The molecule has 0 aliphatic carbocycles. The molecule has 1 N–H and O–H groups in total. The van der Waals surface area contributed by atoms with Gasteiger partial charge in [-0.25, -0.2) is 4.98 Å². The van der Waals surface area contributed by atoms with E-state index < -0.39 is 0 Å². The molecule has 0 spiro atoms. The van der Waals surface area contributed by atoms with Crippen molar-refractivity contribution < 1.29 is 14.3 Å². The van der Waals surface area contributed by atoms with Gasteiger partial charge in [0.05, 0.1) is 5.69 Å². The molecule has 0 radical (unpaired) electrons. The average molecular weight is 323 g/mol. The van der Waals surface area contributed by atoms with Crippen LogP contribution in [0.25, 0.3) is 5.65 Å². The first-order valence-electron chi connectivity index (χ1n) is 7.84. The number of hydrogen-bond acceptors (Lipinski definition) is 4. The maximum atomic E-state index is 12.8. The van der Waals surface area contributed by atoms with Crippen LogP contribution in [0.1, 0.15) is 28.7 Å². The number of nitrogens with zero attached hydrogens (tertiary/aromatic N) is 2. The molecule has 122 valence electrons. The summed E-state index contributed by atoms with van der Waals surface area (Å²) in [6, 6.07) is 9.26. The van der Waals surface area contributed by atoms with Crippen LogP contribution in [-0.4, -0.2) is 22.1 Å². The van der Waals surface area contributed by atoms with Crippen molar-refractivity contribution in [1.29, 1.82) is 0 Å². The number of hydrogen-bond donors (Lipinski definition) is 1. The van der Waals surface area contributed by atoms with E-state index in [9.17, 15) is 4.79 Å². The lowest BCUT2D eigenvalue weighted by Gasteiger charge is -2.08. The van der Waals surface area contributed by atoms with Crippen LogP contribution in [0.2, 0.25) is 0 Å². The van der Waals surface area contributed by atoms with Gasteiger partial charge in [0.1, 0.15) is 11.3 Å². The Morgan fingerprint density at radius 2 is 2.08 bits per heavy atom. The van der Waals surface area contributed by atoms with Crippen LogP contribution in [0.5, 0.6) is 11.5 Å². The molecule has 2 aromatic heterocycles. The van der Waals surface area contributed by atoms with Gasteiger partial charge in [0, 0.05) is 18.0 Å². The zero-order chi connectivity index (χ0) is 16.7. The van der Waals surface area contributed by atoms with Crippen molar-refractivity contribution in [2.75, 3.05) is 12.1 Å². The van der Waals surface area contributed by atoms with Crippen molar-refractivity contribution in [3.63, 3.8) is 0 Å². The van der Waals surface area contributed by atoms with Crippen LogP contribution in [-0.2, 0) is 6.42 Å². The zero-order valence-corrected chi connectivity index (χ0v) is 13.5. The minimum atomic E-state index is -0.191. The van der Waals surface area contributed by atoms with Crippen LogP contribution >= 0.6 is 0 Å². The van der Waals surface area contributed by atoms with Gasteiger partial charge in [-0.1, -0.05) is 13.0 Å². The average Bonchev–Trinajstić information content (AvgIpc) is 3.17. The van der Waals surface area contributed by atoms with Crippen LogP contribution in [0, 0.1) is 6.92 Å². The minimum Gasteiger partial charge on any atom is -0.454 e. The van der Waals surface area contributed by atoms with Gasteiger partial charge in [-0.3, -0.25) is 9.20 Å². The smallest absolute Gasteiger partial charge is 0.274 e. The summed E-state index contributed by atoms with van der Waals surface area (Å²) in [5, 5.41) is 2.93. The van der Waals surface area contributed by atoms with Crippen molar-refractivity contribution in [3.8, 4) is 11.5 Å². The second-order valence-electron chi connectivity index (χ2n) is 5.72. The molecule has 1 aromatic carbocycles. The van der Waals surface area contributed by atoms with Crippen molar-refractivity contribution in [2.45, 2.75) is 20.3 Å². The van der Waals surface area contributed by atoms with E-state index in [0.29, 0.717) is 29.3 Å². The number of ether oxygens (including phenoxy) is 2. The van der Waals surface area contributed by atoms with E-state index in [-0.39, 0.29) is 12.7 Å². The number of nitrogens with one attached hydrogen (secondary N) is 1. The number of carbonyl (C=O) groups is 1. The molecule has 0 fully saturated rings. The van der Waals surface area contributed by atoms with E-state index >= 15 is 0 Å². The highest BCUT2D eigenvalue weighted by molar-refractivity contribution is 6.04. The fraction of sp³-hybridized carbons (Fsp3) is 0.222. The molecule has 1 aliphatic heterocycles. The van der Waals surface area contributed by atoms with Gasteiger partial charge < -0.3 is 14.8 Å². The fourth-order valence-corrected chi connectivity index (χ4v) is 2.85. The van der Waals surface area contributed by atoms with Crippen molar-refractivity contribution in [2.24, 2.45) is 0 Å². The Hall–Kier alpha value is -3.02. The van der Waals surface area contributed by atoms with Crippen LogP contribution < -0.4 is 14.8 Å². The normalized spacial score (nSPS) is 12.6. The van der Waals surface area contributed by atoms with E-state index in [4.69, 9.17) is 9.47 Å². The first-order chi connectivity index (χ1) is 11.7. The Bertz CT molecular complexity index is 946. The van der Waals surface area contributed by atoms with Crippen molar-refractivity contribution >= 4 is 17.2 Å². The molecule has 0 bridgehead atoms. The first-order valence-corrected chi connectivity index (χ1v) is 7.84. The predicted molar refractivity (Wildman–Crippen MR) is 89.8 cm³/mol. The Labute approximate surface area is 139 Å². The Kier molecular flexibility index (Phi) is 3.37. The van der Waals surface area contributed by atoms with Crippen molar-refractivity contribution in [3.05, 3.63) is 53.5 Å². The number of imidazole rings is 1. The number of aryl methyl sites for hydroxylation is 2. The lowest BCUT2D eigenvalue weighted by Crippen LogP contribution is -2.16. The number of anilines is 1. The molecule has 0 unspecified atom stereocenters. The summed E-state index contributed by atoms with van der Waals surface area (Å²) in [6.07, 6.45) is 2.61. The molecular formula is C18H17N3O3. The zero-order valence-electron chi connectivity index (χ0n) is 13.5. The van der Waals surface area contributed by atoms with E-state index in [2.05, 4.69) is 10.3 Å². The maximum Gasteiger partial charge on any atom is 0.274 e. The number of carbonyl (C=O) groups excluding carboxylic acids is 1. The third-order valence-electron chi connectivity index (χ3n) is 4.02. The lowest BCUT2D eigenvalue weighted by atomic mass is 10.2. The molecule has 24 heavy (non-hydrogen) atoms. The van der Waals surface area contributed by atoms with Gasteiger partial charge in [-0.15, -0.1) is 0 Å². The quantitative estimate of drug-likeness (QED) is 0.804. The molecular weight excluding hydrogens is 306 g/mol. The largest absolute Gasteiger partial charge is 0.454 e. The Balaban J connectivity index is 1.71. The molecule has 0 atom stereocenters. The third kappa shape index (κ3) is 2.36. The van der Waals surface area contributed by atoms with E-state index in [0.717, 1.165) is 16.9 Å². The van der Waals surface area contributed by atoms with Gasteiger partial charge >= 0.3 is 0 Å². The highest BCUT2D eigenvalue weighted by Crippen LogP contribution is 2.34. The van der Waals surface area contributed by atoms with Crippen LogP contribution in [0.4, 0.5) is 5.69 Å². The summed E-state index contributed by atoms with van der Waals surface area (Å²) in [4.78, 5) is 17.4. The second kappa shape index (κ2) is 5.56. The van der Waals surface area contributed by atoms with E-state index in [1.54, 1.807) is 18.2 Å². The molecule has 6 nitrogen and oxygen atoms in total. The molecule has 0 saturated carbocycles. The van der Waals surface area contributed by atoms with Gasteiger partial charge in [-0.2, -0.15) is 0 Å². The number of aromatic nitrogens is 2. The summed E-state index contributed by atoms with van der Waals surface area (Å²) in [5.74, 6) is 1.13. The predicted octanol–water partition coefficient (Wildman–Crippen LogP) is 3.19. The highest BCUT2D eigenvalue weighted by atomic mass is 16.7. The molecule has 1 aliphatic rings. The van der Waals surface area contributed by atoms with E-state index in [1.807, 2.05) is 36.6 Å². The maximum absolute atomic E-state index is 12.8. The Morgan fingerprint density at radius 1 is 1.25 bits per heavy atom. The Morgan fingerprint density at radius 3 is 2.92 bits per heavy atom. The van der Waals surface area contributed by atoms with Gasteiger partial charge in [-0.05, 0) is 37.1 Å². The number of rotatable bonds is 3. The molecule has 4 rings (SSSR count). The number of pyridine rings is 1. The van der Waals surface area contributed by atoms with Gasteiger partial charge in [0.25, 0.3) is 5.91 Å². The van der Waals surface area contributed by atoms with Gasteiger partial charge in [0.15, 0.2) is 11.5 Å². The highest BCUT2D eigenvalue weighted by Gasteiger charge is 2.20. The molecule has 6 heteroatoms. The standard InChI is InChI=1S/C18H17N3O3/c1-3-13-17(21-9-11(2)4-7-16(21)20-13)18(22)19-12-5-6-14-15(8-12)24-10-23-14/h4-9H,3,10H2,1-2H3,(H,19,22). The first kappa shape index (κ1) is 14.6. The summed E-state index contributed by atoms with van der Waals surface area (Å²) >= 11 is 0. The topological polar surface area (TPSA) is 64.9 Å². The summed E-state index contributed by atoms with van der Waals surface area (Å²) in [5.41, 5.74) is 3.84. The monoisotopic (exact) mass is 323 g/mol. The van der Waals surface area contributed by atoms with Crippen molar-refractivity contribution in [1.82, 2.24) is 9.38 Å². The number of benzene rings is 1. The summed E-state index contributed by atoms with van der Waals surface area (Å²) < 4.78 is 12.5. The number of fused-ring (bicyclic) bond motifs is 2. The lowest BCUT2D eigenvalue weighted by molar-refractivity contribution is 0.102. The van der Waals surface area contributed by atoms with Crippen LogP contribution in [0.15, 0.2) is 36.5 Å². The second-order valence-corrected chi connectivity index (χ2v) is 5.72. The fourth-order valence-electron chi connectivity index (χ4n) is 2.85.